The first-order chi connectivity index (χ1) is 25.8. The zero-order chi connectivity index (χ0) is 37.9. The maximum atomic E-state index is 14.0. The molecule has 0 saturated carbocycles. The summed E-state index contributed by atoms with van der Waals surface area (Å²) >= 11 is 0. The lowest BCUT2D eigenvalue weighted by atomic mass is 9.89. The molecule has 280 valence electrons. The number of benzene rings is 1. The van der Waals surface area contributed by atoms with Gasteiger partial charge in [-0.25, -0.2) is 14.8 Å². The van der Waals surface area contributed by atoms with Crippen LogP contribution < -0.4 is 31.8 Å². The molecule has 7 heterocycles. The number of rotatable bonds is 11. The minimum Gasteiger partial charge on any atom is -0.507 e. The van der Waals surface area contributed by atoms with Crippen molar-refractivity contribution in [1.82, 2.24) is 15.3 Å². The fourth-order valence-corrected chi connectivity index (χ4v) is 7.79. The molecular formula is C40H44N7O7+. The van der Waals surface area contributed by atoms with E-state index >= 15 is 0 Å². The third-order valence-corrected chi connectivity index (χ3v) is 10.6. The Hall–Kier alpha value is -5.57. The Morgan fingerprint density at radius 1 is 1.13 bits per heavy atom. The minimum atomic E-state index is -1.16. The number of phenolic OH excluding ortho intramolecular Hbond substituents is 1. The number of ether oxygens (including phenoxy) is 3. The summed E-state index contributed by atoms with van der Waals surface area (Å²) in [6.45, 7) is 7.28. The van der Waals surface area contributed by atoms with E-state index in [-0.39, 0.29) is 28.6 Å². The maximum Gasteiger partial charge on any atom is 0.341 e. The minimum absolute atomic E-state index is 0.0630. The van der Waals surface area contributed by atoms with Crippen molar-refractivity contribution in [2.45, 2.75) is 76.4 Å². The first kappa shape index (κ1) is 35.5. The van der Waals surface area contributed by atoms with E-state index in [9.17, 15) is 14.7 Å². The molecule has 7 N–H and O–H groups in total. The Bertz CT molecular complexity index is 2350. The SMILES string of the molecule is CNCCC1(C(=O)OC2Cc3c(cc4oc(C)cc(=O)c4c3O)OC2(C)C)OC1CCc1cc(N)nc(-c2cc(N)nc(C[NH+]3C=C4C=CN=C4C3)c2)c1. The van der Waals surface area contributed by atoms with Crippen molar-refractivity contribution < 1.29 is 33.4 Å². The molecule has 54 heavy (non-hydrogen) atoms. The topological polar surface area (TPSA) is 205 Å². The largest absolute Gasteiger partial charge is 0.507 e. The zero-order valence-corrected chi connectivity index (χ0v) is 30.7. The molecule has 0 amide bonds. The van der Waals surface area contributed by atoms with Gasteiger partial charge in [0.2, 0.25) is 0 Å². The molecule has 14 nitrogen and oxygen atoms in total. The molecule has 0 aliphatic carbocycles. The number of carbonyl (C=O) groups is 1. The Morgan fingerprint density at radius 2 is 1.94 bits per heavy atom. The van der Waals surface area contributed by atoms with Crippen LogP contribution in [0.5, 0.6) is 11.5 Å². The van der Waals surface area contributed by atoms with Crippen molar-refractivity contribution in [1.29, 1.82) is 0 Å². The smallest absolute Gasteiger partial charge is 0.341 e. The monoisotopic (exact) mass is 734 g/mol. The molecule has 3 aromatic heterocycles. The number of aromatic hydroxyl groups is 1. The number of nitrogens with zero attached hydrogens (tertiary/aromatic N) is 3. The lowest BCUT2D eigenvalue weighted by Crippen LogP contribution is -3.05. The van der Waals surface area contributed by atoms with Crippen LogP contribution in [-0.2, 0) is 33.7 Å². The number of esters is 1. The molecule has 0 radical (unpaired) electrons. The van der Waals surface area contributed by atoms with Crippen LogP contribution in [0.4, 0.5) is 11.6 Å². The number of fused-ring (bicyclic) bond motifs is 3. The van der Waals surface area contributed by atoms with Crippen molar-refractivity contribution >= 4 is 34.3 Å². The van der Waals surface area contributed by atoms with Gasteiger partial charge in [-0.05, 0) is 83.1 Å². The predicted molar refractivity (Wildman–Crippen MR) is 202 cm³/mol. The van der Waals surface area contributed by atoms with Crippen LogP contribution >= 0.6 is 0 Å². The van der Waals surface area contributed by atoms with Crippen LogP contribution in [0.25, 0.3) is 22.2 Å². The van der Waals surface area contributed by atoms with Gasteiger partial charge in [-0.3, -0.25) is 14.7 Å². The van der Waals surface area contributed by atoms with Crippen molar-refractivity contribution in [3.8, 4) is 22.8 Å². The molecule has 4 atom stereocenters. The number of epoxide rings is 1. The number of nitrogen functional groups attached to an aromatic ring is 2. The van der Waals surface area contributed by atoms with E-state index in [1.54, 1.807) is 19.1 Å². The van der Waals surface area contributed by atoms with Gasteiger partial charge >= 0.3 is 5.97 Å². The van der Waals surface area contributed by atoms with E-state index in [0.29, 0.717) is 66.8 Å². The number of anilines is 2. The average Bonchev–Trinajstić information content (AvgIpc) is 3.42. The summed E-state index contributed by atoms with van der Waals surface area (Å²) in [6, 6.07) is 10.5. The molecule has 0 bridgehead atoms. The van der Waals surface area contributed by atoms with Gasteiger partial charge in [0, 0.05) is 42.3 Å². The molecule has 1 fully saturated rings. The quantitative estimate of drug-likeness (QED) is 0.112. The second-order valence-corrected chi connectivity index (χ2v) is 15.0. The van der Waals surface area contributed by atoms with Gasteiger partial charge in [-0.15, -0.1) is 0 Å². The van der Waals surface area contributed by atoms with Crippen molar-refractivity contribution in [3.05, 3.63) is 93.3 Å². The Kier molecular flexibility index (Phi) is 8.78. The second kappa shape index (κ2) is 13.4. The number of carbonyl (C=O) groups excluding carboxylic acids is 1. The van der Waals surface area contributed by atoms with E-state index in [4.69, 9.17) is 30.1 Å². The summed E-state index contributed by atoms with van der Waals surface area (Å²) in [5.41, 5.74) is 16.2. The number of phenols is 1. The molecular weight excluding hydrogens is 690 g/mol. The summed E-state index contributed by atoms with van der Waals surface area (Å²) in [7, 11) is 1.82. The number of hydrogen-bond donors (Lipinski definition) is 5. The van der Waals surface area contributed by atoms with Gasteiger partial charge in [0.1, 0.15) is 76.6 Å². The Morgan fingerprint density at radius 3 is 2.74 bits per heavy atom. The molecule has 4 unspecified atom stereocenters. The number of hydrogen-bond acceptors (Lipinski definition) is 13. The van der Waals surface area contributed by atoms with Crippen LogP contribution in [0.15, 0.2) is 74.7 Å². The summed E-state index contributed by atoms with van der Waals surface area (Å²) < 4.78 is 24.4. The highest BCUT2D eigenvalue weighted by Crippen LogP contribution is 2.47. The first-order valence-corrected chi connectivity index (χ1v) is 18.2. The highest BCUT2D eigenvalue weighted by Gasteiger charge is 2.63. The van der Waals surface area contributed by atoms with Gasteiger partial charge < -0.3 is 40.5 Å². The molecule has 14 heteroatoms. The average molecular weight is 735 g/mol. The summed E-state index contributed by atoms with van der Waals surface area (Å²) in [4.78, 5) is 41.6. The number of aryl methyl sites for hydroxylation is 2. The van der Waals surface area contributed by atoms with E-state index in [1.807, 2.05) is 51.4 Å². The molecule has 1 aromatic carbocycles. The van der Waals surface area contributed by atoms with Gasteiger partial charge in [-0.2, -0.15) is 0 Å². The molecule has 8 rings (SSSR count). The Balaban J connectivity index is 0.970. The van der Waals surface area contributed by atoms with Crippen LogP contribution in [0, 0.1) is 6.92 Å². The highest BCUT2D eigenvalue weighted by atomic mass is 16.7. The number of nitrogens with one attached hydrogen (secondary N) is 2. The number of nitrogens with two attached hydrogens (primary N) is 2. The standard InChI is InChI=1S/C40H43N7O7/c1-21-11-29(48)36-31(51-21)17-30-26(37(36)49)16-33(39(2,3)53-30)52-38(50)40(8-10-43-4)32(54-40)6-5-22-12-27(46-34(41)13-22)24-14-25(45-35(42)15-24)19-47-18-23-7-9-44-28(23)20-47/h7,9,11-15,17-18,32-33,43,49H,5-6,8,10,16,19-20H2,1-4H3,(H2,41,46)(H2,42,45)/p+1. The Labute approximate surface area is 311 Å². The number of aromatic nitrogens is 2. The second-order valence-electron chi connectivity index (χ2n) is 15.0. The zero-order valence-electron chi connectivity index (χ0n) is 30.7. The van der Waals surface area contributed by atoms with Gasteiger partial charge in [-0.1, -0.05) is 0 Å². The fraction of sp³-hybridized carbons (Fsp3) is 0.375. The number of quaternary nitrogens is 1. The van der Waals surface area contributed by atoms with Gasteiger partial charge in [0.05, 0.1) is 23.1 Å². The first-order valence-electron chi connectivity index (χ1n) is 18.2. The summed E-state index contributed by atoms with van der Waals surface area (Å²) in [5, 5.41) is 14.4. The van der Waals surface area contributed by atoms with Crippen LogP contribution in [0.3, 0.4) is 0 Å². The number of pyridine rings is 2. The van der Waals surface area contributed by atoms with Crippen molar-refractivity contribution in [3.63, 3.8) is 0 Å². The summed E-state index contributed by atoms with van der Waals surface area (Å²) in [6.07, 6.45) is 6.47. The molecule has 4 aliphatic heterocycles. The molecule has 4 aliphatic rings. The van der Waals surface area contributed by atoms with E-state index in [0.717, 1.165) is 34.7 Å². The van der Waals surface area contributed by atoms with Crippen LogP contribution in [0.2, 0.25) is 0 Å². The molecule has 0 spiro atoms. The molecule has 1 saturated heterocycles. The van der Waals surface area contributed by atoms with Crippen molar-refractivity contribution in [2.24, 2.45) is 4.99 Å². The molecule has 4 aromatic rings. The van der Waals surface area contributed by atoms with Gasteiger partial charge in [0.25, 0.3) is 0 Å². The lowest BCUT2D eigenvalue weighted by molar-refractivity contribution is -0.848. The van der Waals surface area contributed by atoms with E-state index < -0.39 is 29.4 Å². The van der Waals surface area contributed by atoms with E-state index in [2.05, 4.69) is 26.5 Å². The van der Waals surface area contributed by atoms with Crippen LogP contribution in [-0.4, -0.2) is 70.3 Å². The van der Waals surface area contributed by atoms with Crippen molar-refractivity contribution in [2.75, 3.05) is 31.6 Å². The lowest BCUT2D eigenvalue weighted by Gasteiger charge is -2.39. The van der Waals surface area contributed by atoms with E-state index in [1.165, 1.54) is 11.0 Å². The fourth-order valence-electron chi connectivity index (χ4n) is 7.79. The third kappa shape index (κ3) is 6.61. The van der Waals surface area contributed by atoms with Crippen LogP contribution in [0.1, 0.15) is 49.3 Å². The predicted octanol–water partition coefficient (Wildman–Crippen LogP) is 2.68. The number of allylic oxidation sites excluding steroid dienone is 1. The normalized spacial score (nSPS) is 23.4. The maximum absolute atomic E-state index is 14.0. The summed E-state index contributed by atoms with van der Waals surface area (Å²) in [5.74, 6) is 0.826. The highest BCUT2D eigenvalue weighted by molar-refractivity contribution is 6.06. The third-order valence-electron chi connectivity index (χ3n) is 10.6. The van der Waals surface area contributed by atoms with Gasteiger partial charge in [0.15, 0.2) is 11.0 Å². The number of aliphatic imine (C=N–C) groups is 1.